The summed E-state index contributed by atoms with van der Waals surface area (Å²) in [5.74, 6) is 0.937. The molecule has 18 heavy (non-hydrogen) atoms. The lowest BCUT2D eigenvalue weighted by Gasteiger charge is -2.11. The number of anilines is 2. The third-order valence-electron chi connectivity index (χ3n) is 2.64. The summed E-state index contributed by atoms with van der Waals surface area (Å²) in [4.78, 5) is 0. The molecule has 1 radical (unpaired) electrons. The molecular formula is C16H18NO. The number of nitrogens with one attached hydrogen (secondary N) is 1. The summed E-state index contributed by atoms with van der Waals surface area (Å²) >= 11 is 0. The van der Waals surface area contributed by atoms with Gasteiger partial charge in [0, 0.05) is 11.4 Å². The summed E-state index contributed by atoms with van der Waals surface area (Å²) in [6.45, 7) is 4.69. The summed E-state index contributed by atoms with van der Waals surface area (Å²) < 4.78 is 5.61. The summed E-state index contributed by atoms with van der Waals surface area (Å²) in [6, 6.07) is 16.3. The van der Waals surface area contributed by atoms with Gasteiger partial charge in [0.05, 0.1) is 6.61 Å². The molecule has 0 heterocycles. The molecule has 0 spiro atoms. The molecule has 2 nitrogen and oxygen atoms in total. The van der Waals surface area contributed by atoms with Crippen LogP contribution >= 0.6 is 0 Å². The van der Waals surface area contributed by atoms with E-state index in [1.807, 2.05) is 55.8 Å². The molecule has 1 N–H and O–H groups in total. The first-order chi connectivity index (χ1) is 8.79. The van der Waals surface area contributed by atoms with E-state index in [-0.39, 0.29) is 0 Å². The van der Waals surface area contributed by atoms with Gasteiger partial charge in [0.1, 0.15) is 5.75 Å². The molecule has 0 atom stereocenters. The van der Waals surface area contributed by atoms with Crippen LogP contribution in [0.5, 0.6) is 5.75 Å². The van der Waals surface area contributed by atoms with E-state index >= 15 is 0 Å². The number of hydrogen-bond donors (Lipinski definition) is 1. The van der Waals surface area contributed by atoms with Crippen molar-refractivity contribution in [2.45, 2.75) is 13.8 Å². The van der Waals surface area contributed by atoms with Gasteiger partial charge >= 0.3 is 0 Å². The van der Waals surface area contributed by atoms with E-state index in [9.17, 15) is 0 Å². The van der Waals surface area contributed by atoms with Crippen molar-refractivity contribution in [2.75, 3.05) is 11.9 Å². The number of rotatable bonds is 5. The second kappa shape index (κ2) is 6.10. The molecule has 0 saturated heterocycles. The third-order valence-corrected chi connectivity index (χ3v) is 2.64. The van der Waals surface area contributed by atoms with Crippen LogP contribution < -0.4 is 10.1 Å². The van der Waals surface area contributed by atoms with Gasteiger partial charge in [0.25, 0.3) is 0 Å². The van der Waals surface area contributed by atoms with Gasteiger partial charge in [-0.15, -0.1) is 0 Å². The first-order valence-corrected chi connectivity index (χ1v) is 6.13. The lowest BCUT2D eigenvalue weighted by atomic mass is 10.2. The molecular weight excluding hydrogens is 222 g/mol. The van der Waals surface area contributed by atoms with Gasteiger partial charge in [-0.25, -0.2) is 0 Å². The van der Waals surface area contributed by atoms with Gasteiger partial charge in [-0.05, 0) is 49.2 Å². The normalized spacial score (nSPS) is 10.1. The quantitative estimate of drug-likeness (QED) is 0.839. The largest absolute Gasteiger partial charge is 0.493 e. The number of hydrogen-bond acceptors (Lipinski definition) is 2. The molecule has 0 fully saturated rings. The molecule has 0 bridgehead atoms. The van der Waals surface area contributed by atoms with Crippen LogP contribution in [0.4, 0.5) is 11.4 Å². The Labute approximate surface area is 109 Å². The average molecular weight is 240 g/mol. The Morgan fingerprint density at radius 2 is 1.83 bits per heavy atom. The second-order valence-electron chi connectivity index (χ2n) is 4.19. The molecule has 0 aliphatic heterocycles. The smallest absolute Gasteiger partial charge is 0.122 e. The Morgan fingerprint density at radius 3 is 2.50 bits per heavy atom. The van der Waals surface area contributed by atoms with Crippen LogP contribution in [0, 0.1) is 13.3 Å². The first-order valence-electron chi connectivity index (χ1n) is 6.13. The molecule has 2 rings (SSSR count). The molecule has 2 heteroatoms. The molecule has 2 aromatic rings. The van der Waals surface area contributed by atoms with E-state index in [0.717, 1.165) is 22.7 Å². The van der Waals surface area contributed by atoms with Crippen molar-refractivity contribution in [3.8, 4) is 5.75 Å². The van der Waals surface area contributed by atoms with Crippen molar-refractivity contribution in [2.24, 2.45) is 0 Å². The molecule has 0 saturated carbocycles. The summed E-state index contributed by atoms with van der Waals surface area (Å²) in [5.41, 5.74) is 3.30. The topological polar surface area (TPSA) is 21.3 Å². The van der Waals surface area contributed by atoms with Crippen molar-refractivity contribution in [1.82, 2.24) is 0 Å². The third kappa shape index (κ3) is 3.27. The van der Waals surface area contributed by atoms with Crippen molar-refractivity contribution >= 4 is 11.4 Å². The maximum Gasteiger partial charge on any atom is 0.122 e. The maximum absolute atomic E-state index is 5.61. The van der Waals surface area contributed by atoms with Crippen LogP contribution in [0.1, 0.15) is 12.5 Å². The Kier molecular flexibility index (Phi) is 4.24. The summed E-state index contributed by atoms with van der Waals surface area (Å²) in [5, 5.41) is 3.36. The number of benzene rings is 2. The van der Waals surface area contributed by atoms with Crippen molar-refractivity contribution in [3.63, 3.8) is 0 Å². The zero-order valence-corrected chi connectivity index (χ0v) is 10.8. The zero-order chi connectivity index (χ0) is 12.8. The van der Waals surface area contributed by atoms with Crippen molar-refractivity contribution < 1.29 is 4.74 Å². The lowest BCUT2D eigenvalue weighted by molar-refractivity contribution is 0.347. The fourth-order valence-electron chi connectivity index (χ4n) is 1.75. The Balaban J connectivity index is 2.09. The predicted octanol–water partition coefficient (Wildman–Crippen LogP) is 4.34. The van der Waals surface area contributed by atoms with E-state index in [1.165, 1.54) is 0 Å². The van der Waals surface area contributed by atoms with Crippen LogP contribution in [-0.4, -0.2) is 6.61 Å². The molecule has 0 unspecified atom stereocenters. The zero-order valence-electron chi connectivity index (χ0n) is 10.8. The molecule has 93 valence electrons. The molecule has 2 aromatic carbocycles. The van der Waals surface area contributed by atoms with E-state index < -0.39 is 0 Å². The second-order valence-corrected chi connectivity index (χ2v) is 4.19. The Hall–Kier alpha value is -1.96. The van der Waals surface area contributed by atoms with Gasteiger partial charge in [-0.1, -0.05) is 25.1 Å². The molecule has 0 aliphatic rings. The predicted molar refractivity (Wildman–Crippen MR) is 76.4 cm³/mol. The van der Waals surface area contributed by atoms with Gasteiger partial charge in [0.2, 0.25) is 0 Å². The van der Waals surface area contributed by atoms with Crippen LogP contribution in [0.15, 0.2) is 48.5 Å². The van der Waals surface area contributed by atoms with Crippen molar-refractivity contribution in [1.29, 1.82) is 0 Å². The van der Waals surface area contributed by atoms with E-state index in [4.69, 9.17) is 4.74 Å². The monoisotopic (exact) mass is 240 g/mol. The lowest BCUT2D eigenvalue weighted by Crippen LogP contribution is -1.98. The van der Waals surface area contributed by atoms with Gasteiger partial charge < -0.3 is 10.1 Å². The first kappa shape index (κ1) is 12.5. The minimum atomic E-state index is 0.645. The maximum atomic E-state index is 5.61. The highest BCUT2D eigenvalue weighted by molar-refractivity contribution is 5.61. The van der Waals surface area contributed by atoms with Crippen molar-refractivity contribution in [3.05, 3.63) is 60.5 Å². The van der Waals surface area contributed by atoms with Crippen LogP contribution in [0.3, 0.4) is 0 Å². The SMILES string of the molecule is C[CH]COc1ccc(Nc2ccccc2)cc1C. The summed E-state index contributed by atoms with van der Waals surface area (Å²) in [6.07, 6.45) is 2.00. The van der Waals surface area contributed by atoms with E-state index in [1.54, 1.807) is 0 Å². The Bertz CT molecular complexity index is 494. The highest BCUT2D eigenvalue weighted by Crippen LogP contribution is 2.24. The highest BCUT2D eigenvalue weighted by Gasteiger charge is 2.01. The fraction of sp³-hybridized carbons (Fsp3) is 0.188. The minimum Gasteiger partial charge on any atom is -0.493 e. The standard InChI is InChI=1S/C16H18NO/c1-3-11-18-16-10-9-15(12-13(16)2)17-14-7-5-4-6-8-14/h3-10,12,17H,11H2,1-2H3. The number of ether oxygens (including phenoxy) is 1. The van der Waals surface area contributed by atoms with E-state index in [0.29, 0.717) is 6.61 Å². The van der Waals surface area contributed by atoms with Gasteiger partial charge in [0.15, 0.2) is 0 Å². The number of aryl methyl sites for hydroxylation is 1. The van der Waals surface area contributed by atoms with Gasteiger partial charge in [-0.3, -0.25) is 0 Å². The highest BCUT2D eigenvalue weighted by atomic mass is 16.5. The molecule has 0 aromatic heterocycles. The minimum absolute atomic E-state index is 0.645. The van der Waals surface area contributed by atoms with Gasteiger partial charge in [-0.2, -0.15) is 0 Å². The van der Waals surface area contributed by atoms with Crippen LogP contribution in [-0.2, 0) is 0 Å². The van der Waals surface area contributed by atoms with Crippen LogP contribution in [0.25, 0.3) is 0 Å². The molecule has 0 aliphatic carbocycles. The number of para-hydroxylation sites is 1. The fourth-order valence-corrected chi connectivity index (χ4v) is 1.75. The Morgan fingerprint density at radius 1 is 1.06 bits per heavy atom. The summed E-state index contributed by atoms with van der Waals surface area (Å²) in [7, 11) is 0. The van der Waals surface area contributed by atoms with E-state index in [2.05, 4.69) is 18.3 Å². The average Bonchev–Trinajstić information content (AvgIpc) is 2.39. The molecule has 0 amide bonds. The van der Waals surface area contributed by atoms with Crippen LogP contribution in [0.2, 0.25) is 0 Å².